The van der Waals surface area contributed by atoms with Crippen LogP contribution in [0.3, 0.4) is 0 Å². The fourth-order valence-electron chi connectivity index (χ4n) is 1.73. The number of nitrogens with one attached hydrogen (secondary N) is 1. The summed E-state index contributed by atoms with van der Waals surface area (Å²) in [6.45, 7) is 2.88. The van der Waals surface area contributed by atoms with Crippen LogP contribution in [0.5, 0.6) is 0 Å². The van der Waals surface area contributed by atoms with E-state index in [9.17, 15) is 0 Å². The van der Waals surface area contributed by atoms with Crippen LogP contribution in [0, 0.1) is 0 Å². The average molecular weight is 210 g/mol. The quantitative estimate of drug-likeness (QED) is 0.830. The van der Waals surface area contributed by atoms with E-state index in [0.29, 0.717) is 0 Å². The van der Waals surface area contributed by atoms with Crippen molar-refractivity contribution in [2.75, 3.05) is 13.7 Å². The summed E-state index contributed by atoms with van der Waals surface area (Å²) in [4.78, 5) is 4.45. The van der Waals surface area contributed by atoms with Gasteiger partial charge in [0.2, 0.25) is 5.89 Å². The van der Waals surface area contributed by atoms with Crippen LogP contribution in [0.2, 0.25) is 0 Å². The number of rotatable bonds is 3. The maximum atomic E-state index is 5.61. The minimum Gasteiger partial charge on any atom is -0.446 e. The molecule has 2 atom stereocenters. The molecule has 0 amide bonds. The topological polar surface area (TPSA) is 47.3 Å². The van der Waals surface area contributed by atoms with E-state index in [1.165, 1.54) is 6.42 Å². The Labute approximate surface area is 90.0 Å². The molecule has 0 bridgehead atoms. The fraction of sp³-hybridized carbons (Fsp3) is 0.727. The number of nitrogens with zero attached hydrogens (tertiary/aromatic N) is 1. The highest BCUT2D eigenvalue weighted by Crippen LogP contribution is 2.27. The highest BCUT2D eigenvalue weighted by atomic mass is 16.5. The van der Waals surface area contributed by atoms with Crippen molar-refractivity contribution in [3.05, 3.63) is 17.8 Å². The lowest BCUT2D eigenvalue weighted by atomic mass is 10.1. The summed E-state index contributed by atoms with van der Waals surface area (Å²) in [5.74, 6) is 0.729. The van der Waals surface area contributed by atoms with Crippen LogP contribution >= 0.6 is 0 Å². The van der Waals surface area contributed by atoms with Gasteiger partial charge in [-0.25, -0.2) is 4.98 Å². The second-order valence-electron chi connectivity index (χ2n) is 3.98. The van der Waals surface area contributed by atoms with Crippen molar-refractivity contribution < 1.29 is 9.15 Å². The highest BCUT2D eigenvalue weighted by Gasteiger charge is 2.21. The van der Waals surface area contributed by atoms with E-state index >= 15 is 0 Å². The predicted molar refractivity (Wildman–Crippen MR) is 56.5 cm³/mol. The van der Waals surface area contributed by atoms with Gasteiger partial charge < -0.3 is 14.5 Å². The molecule has 1 aliphatic rings. The minimum atomic E-state index is 0.0663. The van der Waals surface area contributed by atoms with Gasteiger partial charge in [0.25, 0.3) is 0 Å². The smallest absolute Gasteiger partial charge is 0.223 e. The number of oxazole rings is 1. The first-order chi connectivity index (χ1) is 7.31. The first kappa shape index (κ1) is 10.6. The van der Waals surface area contributed by atoms with Gasteiger partial charge in [0.15, 0.2) is 0 Å². The van der Waals surface area contributed by atoms with Crippen LogP contribution in [0.4, 0.5) is 0 Å². The van der Waals surface area contributed by atoms with E-state index < -0.39 is 0 Å². The fourth-order valence-corrected chi connectivity index (χ4v) is 1.73. The summed E-state index contributed by atoms with van der Waals surface area (Å²) in [5.41, 5.74) is 0.946. The Bertz CT molecular complexity index is 305. The molecule has 4 nitrogen and oxygen atoms in total. The second-order valence-corrected chi connectivity index (χ2v) is 3.98. The third-order valence-corrected chi connectivity index (χ3v) is 2.87. The van der Waals surface area contributed by atoms with Crippen molar-refractivity contribution in [1.29, 1.82) is 0 Å². The van der Waals surface area contributed by atoms with Crippen LogP contribution in [-0.4, -0.2) is 18.6 Å². The zero-order valence-corrected chi connectivity index (χ0v) is 9.32. The Morgan fingerprint density at radius 2 is 2.40 bits per heavy atom. The summed E-state index contributed by atoms with van der Waals surface area (Å²) in [6, 6.07) is 0.228. The summed E-state index contributed by atoms with van der Waals surface area (Å²) in [5, 5.41) is 3.13. The van der Waals surface area contributed by atoms with Gasteiger partial charge >= 0.3 is 0 Å². The Morgan fingerprint density at radius 1 is 1.53 bits per heavy atom. The van der Waals surface area contributed by atoms with Crippen LogP contribution in [0.15, 0.2) is 10.7 Å². The average Bonchev–Trinajstić information content (AvgIpc) is 2.78. The van der Waals surface area contributed by atoms with E-state index in [0.717, 1.165) is 31.0 Å². The molecular formula is C11H18N2O2. The molecule has 1 aromatic rings. The largest absolute Gasteiger partial charge is 0.446 e. The first-order valence-corrected chi connectivity index (χ1v) is 5.55. The molecule has 4 heteroatoms. The predicted octanol–water partition coefficient (Wildman–Crippen LogP) is 2.20. The summed E-state index contributed by atoms with van der Waals surface area (Å²) in [7, 11) is 1.91. The standard InChI is InChI=1S/C11H18N2O2/c1-8(12-2)9-7-15-11(13-9)10-5-3-4-6-14-10/h7-8,10,12H,3-6H2,1-2H3. The number of hydrogen-bond donors (Lipinski definition) is 1. The third kappa shape index (κ3) is 2.38. The van der Waals surface area contributed by atoms with Crippen molar-refractivity contribution in [3.63, 3.8) is 0 Å². The zero-order valence-electron chi connectivity index (χ0n) is 9.32. The molecule has 1 saturated heterocycles. The lowest BCUT2D eigenvalue weighted by Gasteiger charge is -2.19. The second kappa shape index (κ2) is 4.77. The van der Waals surface area contributed by atoms with Crippen molar-refractivity contribution in [1.82, 2.24) is 10.3 Å². The van der Waals surface area contributed by atoms with Crippen molar-refractivity contribution in [2.24, 2.45) is 0 Å². The Balaban J connectivity index is 2.05. The van der Waals surface area contributed by atoms with Gasteiger partial charge in [-0.1, -0.05) is 0 Å². The van der Waals surface area contributed by atoms with E-state index in [2.05, 4.69) is 17.2 Å². The molecule has 0 spiro atoms. The van der Waals surface area contributed by atoms with Crippen molar-refractivity contribution >= 4 is 0 Å². The molecule has 2 heterocycles. The van der Waals surface area contributed by atoms with Crippen LogP contribution in [-0.2, 0) is 4.74 Å². The van der Waals surface area contributed by atoms with Crippen LogP contribution in [0.1, 0.15) is 49.9 Å². The van der Waals surface area contributed by atoms with E-state index in [4.69, 9.17) is 9.15 Å². The van der Waals surface area contributed by atoms with Gasteiger partial charge in [-0.15, -0.1) is 0 Å². The molecule has 84 valence electrons. The summed E-state index contributed by atoms with van der Waals surface area (Å²) in [6.07, 6.45) is 5.15. The van der Waals surface area contributed by atoms with Gasteiger partial charge in [0, 0.05) is 12.6 Å². The maximum Gasteiger partial charge on any atom is 0.223 e. The van der Waals surface area contributed by atoms with Gasteiger partial charge in [0.1, 0.15) is 12.4 Å². The lowest BCUT2D eigenvalue weighted by Crippen LogP contribution is -2.14. The molecule has 1 aliphatic heterocycles. The Kier molecular flexibility index (Phi) is 3.38. The van der Waals surface area contributed by atoms with Gasteiger partial charge in [-0.05, 0) is 33.2 Å². The summed E-state index contributed by atoms with van der Waals surface area (Å²) < 4.78 is 11.1. The number of aromatic nitrogens is 1. The maximum absolute atomic E-state index is 5.61. The van der Waals surface area contributed by atoms with E-state index in [-0.39, 0.29) is 12.1 Å². The molecule has 1 aromatic heterocycles. The molecule has 0 saturated carbocycles. The normalized spacial score (nSPS) is 24.0. The Hall–Kier alpha value is -0.870. The molecule has 1 fully saturated rings. The van der Waals surface area contributed by atoms with Gasteiger partial charge in [-0.3, -0.25) is 0 Å². The Morgan fingerprint density at radius 3 is 3.07 bits per heavy atom. The molecule has 0 aliphatic carbocycles. The van der Waals surface area contributed by atoms with Crippen LogP contribution < -0.4 is 5.32 Å². The first-order valence-electron chi connectivity index (χ1n) is 5.55. The lowest BCUT2D eigenvalue weighted by molar-refractivity contribution is -0.00150. The van der Waals surface area contributed by atoms with Gasteiger partial charge in [0.05, 0.1) is 5.69 Å². The van der Waals surface area contributed by atoms with E-state index in [1.54, 1.807) is 6.26 Å². The molecular weight excluding hydrogens is 192 g/mol. The molecule has 0 aromatic carbocycles. The molecule has 2 unspecified atom stereocenters. The van der Waals surface area contributed by atoms with E-state index in [1.807, 2.05) is 7.05 Å². The monoisotopic (exact) mass is 210 g/mol. The van der Waals surface area contributed by atoms with Crippen LogP contribution in [0.25, 0.3) is 0 Å². The third-order valence-electron chi connectivity index (χ3n) is 2.87. The zero-order chi connectivity index (χ0) is 10.7. The number of ether oxygens (including phenoxy) is 1. The minimum absolute atomic E-state index is 0.0663. The molecule has 2 rings (SSSR count). The molecule has 0 radical (unpaired) electrons. The van der Waals surface area contributed by atoms with Crippen molar-refractivity contribution in [2.45, 2.75) is 38.3 Å². The number of hydrogen-bond acceptors (Lipinski definition) is 4. The van der Waals surface area contributed by atoms with Crippen molar-refractivity contribution in [3.8, 4) is 0 Å². The molecule has 15 heavy (non-hydrogen) atoms. The SMILES string of the molecule is CNC(C)c1coc(C2CCCCO2)n1. The summed E-state index contributed by atoms with van der Waals surface area (Å²) >= 11 is 0. The molecule has 1 N–H and O–H groups in total. The van der Waals surface area contributed by atoms with Gasteiger partial charge in [-0.2, -0.15) is 0 Å². The highest BCUT2D eigenvalue weighted by molar-refractivity contribution is 5.03.